The summed E-state index contributed by atoms with van der Waals surface area (Å²) in [6.07, 6.45) is 13.7. The summed E-state index contributed by atoms with van der Waals surface area (Å²) in [6, 6.07) is 0. The Morgan fingerprint density at radius 3 is 2.90 bits per heavy atom. The number of amides is 1. The molecule has 0 radical (unpaired) electrons. The molecule has 0 aromatic carbocycles. The van der Waals surface area contributed by atoms with Gasteiger partial charge in [-0.25, -0.2) is 0 Å². The Bertz CT molecular complexity index is 578. The average molecular weight is 285 g/mol. The molecule has 0 spiro atoms. The summed E-state index contributed by atoms with van der Waals surface area (Å²) < 4.78 is 0. The SMILES string of the molecule is O=C1NC2=C(C=CC(C3CC3)C=C2)CC2=C1CSCC2. The number of thioether (sulfide) groups is 1. The van der Waals surface area contributed by atoms with Gasteiger partial charge < -0.3 is 5.32 Å². The lowest BCUT2D eigenvalue weighted by atomic mass is 9.97. The molecule has 1 unspecified atom stereocenters. The van der Waals surface area contributed by atoms with E-state index in [-0.39, 0.29) is 5.91 Å². The molecule has 4 aliphatic rings. The molecule has 2 nitrogen and oxygen atoms in total. The number of carbonyl (C=O) groups is 1. The second kappa shape index (κ2) is 4.96. The molecule has 0 bridgehead atoms. The fraction of sp³-hybridized carbons (Fsp3) is 0.471. The Morgan fingerprint density at radius 1 is 1.20 bits per heavy atom. The molecule has 1 saturated carbocycles. The maximum atomic E-state index is 12.4. The van der Waals surface area contributed by atoms with Gasteiger partial charge in [0.15, 0.2) is 0 Å². The van der Waals surface area contributed by atoms with E-state index in [1.165, 1.54) is 24.0 Å². The molecule has 4 rings (SSSR count). The quantitative estimate of drug-likeness (QED) is 0.800. The van der Waals surface area contributed by atoms with Crippen LogP contribution in [0.2, 0.25) is 0 Å². The summed E-state index contributed by atoms with van der Waals surface area (Å²) in [5.74, 6) is 3.55. The van der Waals surface area contributed by atoms with Gasteiger partial charge in [0.1, 0.15) is 0 Å². The third kappa shape index (κ3) is 2.28. The van der Waals surface area contributed by atoms with E-state index in [9.17, 15) is 4.79 Å². The van der Waals surface area contributed by atoms with Gasteiger partial charge in [0, 0.05) is 17.0 Å². The molecule has 0 aromatic rings. The predicted octanol–water partition coefficient (Wildman–Crippen LogP) is 3.35. The van der Waals surface area contributed by atoms with Gasteiger partial charge in [0.2, 0.25) is 0 Å². The van der Waals surface area contributed by atoms with Gasteiger partial charge in [-0.05, 0) is 54.9 Å². The van der Waals surface area contributed by atoms with Crippen molar-refractivity contribution in [1.82, 2.24) is 5.32 Å². The van der Waals surface area contributed by atoms with Gasteiger partial charge in [-0.15, -0.1) is 0 Å². The van der Waals surface area contributed by atoms with E-state index >= 15 is 0 Å². The highest BCUT2D eigenvalue weighted by Gasteiger charge is 2.30. The Morgan fingerprint density at radius 2 is 2.05 bits per heavy atom. The Hall–Kier alpha value is -1.22. The number of carbonyl (C=O) groups excluding carboxylic acids is 1. The van der Waals surface area contributed by atoms with Crippen LogP contribution >= 0.6 is 11.8 Å². The van der Waals surface area contributed by atoms with Crippen LogP contribution in [0, 0.1) is 11.8 Å². The normalized spacial score (nSPS) is 29.6. The Labute approximate surface area is 124 Å². The number of rotatable bonds is 1. The summed E-state index contributed by atoms with van der Waals surface area (Å²) in [5.41, 5.74) is 4.69. The molecule has 2 aliphatic heterocycles. The molecule has 1 amide bonds. The van der Waals surface area contributed by atoms with E-state index in [0.717, 1.165) is 41.5 Å². The maximum absolute atomic E-state index is 12.4. The summed E-state index contributed by atoms with van der Waals surface area (Å²) in [5, 5.41) is 3.13. The molecule has 1 fully saturated rings. The van der Waals surface area contributed by atoms with Crippen molar-refractivity contribution in [2.75, 3.05) is 11.5 Å². The topological polar surface area (TPSA) is 29.1 Å². The van der Waals surface area contributed by atoms with Crippen molar-refractivity contribution in [1.29, 1.82) is 0 Å². The van der Waals surface area contributed by atoms with E-state index in [1.54, 1.807) is 0 Å². The molecule has 1 atom stereocenters. The first-order valence-corrected chi connectivity index (χ1v) is 8.66. The van der Waals surface area contributed by atoms with Crippen LogP contribution in [-0.2, 0) is 4.79 Å². The highest BCUT2D eigenvalue weighted by atomic mass is 32.2. The van der Waals surface area contributed by atoms with Gasteiger partial charge in [-0.3, -0.25) is 4.79 Å². The van der Waals surface area contributed by atoms with Crippen LogP contribution in [0.3, 0.4) is 0 Å². The molecule has 0 saturated heterocycles. The van der Waals surface area contributed by atoms with E-state index in [1.807, 2.05) is 11.8 Å². The van der Waals surface area contributed by atoms with Gasteiger partial charge >= 0.3 is 0 Å². The zero-order valence-corrected chi connectivity index (χ0v) is 12.3. The van der Waals surface area contributed by atoms with Crippen LogP contribution in [0.25, 0.3) is 0 Å². The van der Waals surface area contributed by atoms with Crippen molar-refractivity contribution < 1.29 is 4.79 Å². The molecule has 0 aromatic heterocycles. The van der Waals surface area contributed by atoms with Gasteiger partial charge in [0.25, 0.3) is 5.91 Å². The first-order valence-electron chi connectivity index (χ1n) is 7.51. The minimum atomic E-state index is 0.125. The first kappa shape index (κ1) is 12.5. The van der Waals surface area contributed by atoms with Crippen LogP contribution in [0.4, 0.5) is 0 Å². The van der Waals surface area contributed by atoms with Crippen molar-refractivity contribution in [3.8, 4) is 0 Å². The Kier molecular flexibility index (Phi) is 3.10. The molecular formula is C17H19NOS. The van der Waals surface area contributed by atoms with Gasteiger partial charge in [-0.1, -0.05) is 23.8 Å². The highest BCUT2D eigenvalue weighted by molar-refractivity contribution is 7.99. The fourth-order valence-corrected chi connectivity index (χ4v) is 4.31. The number of nitrogens with one attached hydrogen (secondary N) is 1. The van der Waals surface area contributed by atoms with Crippen LogP contribution in [0.5, 0.6) is 0 Å². The van der Waals surface area contributed by atoms with Crippen LogP contribution in [-0.4, -0.2) is 17.4 Å². The number of hydrogen-bond donors (Lipinski definition) is 1. The largest absolute Gasteiger partial charge is 0.322 e. The lowest BCUT2D eigenvalue weighted by Crippen LogP contribution is -2.25. The molecule has 20 heavy (non-hydrogen) atoms. The fourth-order valence-electron chi connectivity index (χ4n) is 3.24. The van der Waals surface area contributed by atoms with E-state index in [0.29, 0.717) is 5.92 Å². The van der Waals surface area contributed by atoms with Crippen molar-refractivity contribution in [2.45, 2.75) is 25.7 Å². The highest BCUT2D eigenvalue weighted by Crippen LogP contribution is 2.40. The molecular weight excluding hydrogens is 266 g/mol. The van der Waals surface area contributed by atoms with Gasteiger partial charge in [0.05, 0.1) is 0 Å². The third-order valence-electron chi connectivity index (χ3n) is 4.66. The lowest BCUT2D eigenvalue weighted by molar-refractivity contribution is -0.116. The van der Waals surface area contributed by atoms with E-state index in [4.69, 9.17) is 0 Å². The van der Waals surface area contributed by atoms with Gasteiger partial charge in [-0.2, -0.15) is 11.8 Å². The summed E-state index contributed by atoms with van der Waals surface area (Å²) >= 11 is 1.87. The maximum Gasteiger partial charge on any atom is 0.252 e. The van der Waals surface area contributed by atoms with E-state index in [2.05, 4.69) is 29.6 Å². The smallest absolute Gasteiger partial charge is 0.252 e. The van der Waals surface area contributed by atoms with Crippen molar-refractivity contribution in [3.63, 3.8) is 0 Å². The molecule has 1 N–H and O–H groups in total. The Balaban J connectivity index is 1.66. The zero-order chi connectivity index (χ0) is 13.5. The standard InChI is InChI=1S/C17H19NOS/c19-17-15-10-20-8-7-13(15)9-14-4-3-12(11-1-2-11)5-6-16(14)18-17/h3-6,11-12H,1-2,7-10H2,(H,18,19). The van der Waals surface area contributed by atoms with Crippen LogP contribution in [0.15, 0.2) is 46.7 Å². The number of allylic oxidation sites excluding steroid dienone is 6. The number of hydrogen-bond acceptors (Lipinski definition) is 2. The molecule has 104 valence electrons. The zero-order valence-electron chi connectivity index (χ0n) is 11.5. The van der Waals surface area contributed by atoms with Crippen LogP contribution in [0.1, 0.15) is 25.7 Å². The third-order valence-corrected chi connectivity index (χ3v) is 5.65. The average Bonchev–Trinajstić information content (AvgIpc) is 3.28. The van der Waals surface area contributed by atoms with Crippen molar-refractivity contribution in [3.05, 3.63) is 46.7 Å². The van der Waals surface area contributed by atoms with Crippen LogP contribution < -0.4 is 5.32 Å². The minimum Gasteiger partial charge on any atom is -0.322 e. The first-order chi connectivity index (χ1) is 9.81. The lowest BCUT2D eigenvalue weighted by Gasteiger charge is -2.17. The summed E-state index contributed by atoms with van der Waals surface area (Å²) in [6.45, 7) is 0. The monoisotopic (exact) mass is 285 g/mol. The second-order valence-electron chi connectivity index (χ2n) is 6.09. The van der Waals surface area contributed by atoms with Crippen molar-refractivity contribution >= 4 is 17.7 Å². The summed E-state index contributed by atoms with van der Waals surface area (Å²) in [4.78, 5) is 12.4. The molecule has 3 heteroatoms. The summed E-state index contributed by atoms with van der Waals surface area (Å²) in [7, 11) is 0. The van der Waals surface area contributed by atoms with Crippen molar-refractivity contribution in [2.24, 2.45) is 11.8 Å². The minimum absolute atomic E-state index is 0.125. The van der Waals surface area contributed by atoms with E-state index < -0.39 is 0 Å². The second-order valence-corrected chi connectivity index (χ2v) is 7.19. The molecule has 2 aliphatic carbocycles. The molecule has 2 heterocycles. The predicted molar refractivity (Wildman–Crippen MR) is 83.2 cm³/mol.